The van der Waals surface area contributed by atoms with E-state index in [4.69, 9.17) is 16.2 Å². The first kappa shape index (κ1) is 44.3. The van der Waals surface area contributed by atoms with Crippen molar-refractivity contribution in [3.63, 3.8) is 0 Å². The van der Waals surface area contributed by atoms with E-state index in [1.807, 2.05) is 0 Å². The van der Waals surface area contributed by atoms with Crippen LogP contribution in [0.2, 0.25) is 5.28 Å². The Labute approximate surface area is 339 Å². The molecule has 4 rings (SSSR count). The van der Waals surface area contributed by atoms with Crippen molar-refractivity contribution in [2.24, 2.45) is 0 Å². The molecule has 26 heteroatoms. The van der Waals surface area contributed by atoms with Gasteiger partial charge in [-0.3, -0.25) is 4.55 Å². The Hall–Kier alpha value is -0.740. The predicted octanol–water partition coefficient (Wildman–Crippen LogP) is -8.35. The zero-order valence-electron chi connectivity index (χ0n) is 24.2. The molecule has 0 amide bonds. The second-order valence-corrected chi connectivity index (χ2v) is 14.8. The molecule has 1 aromatic heterocycles. The average Bonchev–Trinajstić information content (AvgIpc) is 2.86. The number of nitrogens with one attached hydrogen (secondary N) is 2. The van der Waals surface area contributed by atoms with Gasteiger partial charge in [0, 0.05) is 11.4 Å². The molecule has 4 aromatic rings. The largest absolute Gasteiger partial charge is 1.00 e. The van der Waals surface area contributed by atoms with E-state index in [0.717, 1.165) is 12.1 Å². The molecule has 3 N–H and O–H groups in total. The molecule has 236 valence electrons. The Kier molecular flexibility index (Phi) is 16.0. The van der Waals surface area contributed by atoms with Gasteiger partial charge in [-0.2, -0.15) is 23.4 Å². The fraction of sp³-hybridized carbons (Fsp3) is 0.0952. The van der Waals surface area contributed by atoms with Crippen molar-refractivity contribution in [1.82, 2.24) is 15.0 Å². The maximum Gasteiger partial charge on any atom is 1.00 e. The smallest absolute Gasteiger partial charge is 0.872 e. The molecule has 0 radical (unpaired) electrons. The molecule has 0 spiro atoms. The topological polar surface area (TPSA) is 298 Å². The quantitative estimate of drug-likeness (QED) is 0.0941. The van der Waals surface area contributed by atoms with Gasteiger partial charge in [-0.15, -0.1) is 0 Å². The second-order valence-electron chi connectivity index (χ2n) is 8.50. The van der Waals surface area contributed by atoms with Crippen LogP contribution in [0.1, 0.15) is 0 Å². The Balaban J connectivity index is 0.00000368. The first-order valence-corrected chi connectivity index (χ1v) is 17.5. The fourth-order valence-corrected chi connectivity index (χ4v) is 6.40. The first-order chi connectivity index (χ1) is 20.2. The van der Waals surface area contributed by atoms with Gasteiger partial charge in [0.2, 0.25) is 17.2 Å². The van der Waals surface area contributed by atoms with E-state index >= 15 is 0 Å². The number of rotatable bonds is 11. The van der Waals surface area contributed by atoms with Crippen LogP contribution in [0.15, 0.2) is 63.2 Å². The summed E-state index contributed by atoms with van der Waals surface area (Å²) in [5.74, 6) is -2.58. The Morgan fingerprint density at radius 2 is 1.32 bits per heavy atom. The molecule has 47 heavy (non-hydrogen) atoms. The molecule has 0 aliphatic carbocycles. The SMILES string of the molecule is O=S(=O)(O)OCCS(=O)(=O)c1cccc(Nc2nc(Cl)nc(Nc3cc(S(=O)(=O)[O-])cc4cc(S(=O)(=O)[O-])cc([O-])c34)n2)c1.[Na+].[Na+].[Na+]. The summed E-state index contributed by atoms with van der Waals surface area (Å²) in [7, 11) is -19.3. The molecule has 0 unspecified atom stereocenters. The molecular formula is C21H15ClN5Na3O13S4. The molecule has 0 saturated heterocycles. The molecule has 18 nitrogen and oxygen atoms in total. The number of sulfone groups is 1. The van der Waals surface area contributed by atoms with E-state index in [0.29, 0.717) is 18.2 Å². The van der Waals surface area contributed by atoms with E-state index in [-0.39, 0.29) is 122 Å². The third-order valence-electron chi connectivity index (χ3n) is 5.43. The van der Waals surface area contributed by atoms with E-state index in [2.05, 4.69) is 29.8 Å². The normalized spacial score (nSPS) is 11.9. The number of aromatic nitrogens is 3. The summed E-state index contributed by atoms with van der Waals surface area (Å²) in [5, 5.41) is 16.7. The number of anilines is 4. The van der Waals surface area contributed by atoms with E-state index in [9.17, 15) is 47.9 Å². The maximum absolute atomic E-state index is 12.8. The minimum absolute atomic E-state index is 0. The number of hydrogen-bond donors (Lipinski definition) is 3. The Morgan fingerprint density at radius 3 is 1.87 bits per heavy atom. The third kappa shape index (κ3) is 12.2. The van der Waals surface area contributed by atoms with Crippen LogP contribution >= 0.6 is 11.6 Å². The van der Waals surface area contributed by atoms with Crippen LogP contribution in [0.4, 0.5) is 23.3 Å². The minimum Gasteiger partial charge on any atom is -0.872 e. The van der Waals surface area contributed by atoms with Crippen LogP contribution in [0.3, 0.4) is 0 Å². The molecule has 0 atom stereocenters. The van der Waals surface area contributed by atoms with Crippen LogP contribution in [0, 0.1) is 0 Å². The third-order valence-corrected chi connectivity index (χ3v) is 9.36. The summed E-state index contributed by atoms with van der Waals surface area (Å²) in [4.78, 5) is 9.50. The summed E-state index contributed by atoms with van der Waals surface area (Å²) in [6.07, 6.45) is 0. The van der Waals surface area contributed by atoms with Crippen molar-refractivity contribution in [3.05, 3.63) is 53.8 Å². The van der Waals surface area contributed by atoms with E-state index in [1.165, 1.54) is 18.2 Å². The molecule has 1 heterocycles. The number of hydrogen-bond acceptors (Lipinski definition) is 17. The van der Waals surface area contributed by atoms with Crippen LogP contribution in [-0.4, -0.2) is 74.6 Å². The van der Waals surface area contributed by atoms with Crippen molar-refractivity contribution >= 4 is 86.1 Å². The summed E-state index contributed by atoms with van der Waals surface area (Å²) >= 11 is 5.97. The van der Waals surface area contributed by atoms with Gasteiger partial charge in [0.15, 0.2) is 9.84 Å². The standard InChI is InChI=1S/C21H18ClN5O13S4.3Na/c22-19-25-20(23-12-2-1-3-13(8-12)41(29,30)5-4-40-44(37,38)39)27-21(26-19)24-16-9-14(42(31,32)33)6-11-7-15(43(34,35)36)10-17(28)18(11)16;;;/h1-3,6-10,28H,4-5H2,(H,31,32,33)(H,34,35,36)(H,37,38,39)(H2,23,24,25,26,27);;;/q;3*+1/p-3. The molecule has 3 aromatic carbocycles. The van der Waals surface area contributed by atoms with Crippen LogP contribution < -0.4 is 104 Å². The van der Waals surface area contributed by atoms with E-state index < -0.39 is 79.6 Å². The van der Waals surface area contributed by atoms with Crippen molar-refractivity contribution < 1.29 is 145 Å². The molecule has 0 saturated carbocycles. The van der Waals surface area contributed by atoms with Gasteiger partial charge in [0.1, 0.15) is 20.2 Å². The number of fused-ring (bicyclic) bond motifs is 1. The van der Waals surface area contributed by atoms with Crippen molar-refractivity contribution in [2.45, 2.75) is 14.7 Å². The maximum atomic E-state index is 12.8. The summed E-state index contributed by atoms with van der Waals surface area (Å²) in [6.45, 7) is -0.862. The average molecular weight is 778 g/mol. The first-order valence-electron chi connectivity index (χ1n) is 11.3. The Morgan fingerprint density at radius 1 is 0.766 bits per heavy atom. The zero-order valence-corrected chi connectivity index (χ0v) is 34.3. The van der Waals surface area contributed by atoms with Gasteiger partial charge in [-0.05, 0) is 58.8 Å². The fourth-order valence-electron chi connectivity index (χ4n) is 3.66. The van der Waals surface area contributed by atoms with Crippen LogP contribution in [0.5, 0.6) is 5.75 Å². The monoisotopic (exact) mass is 777 g/mol. The number of benzene rings is 3. The minimum atomic E-state index is -5.17. The molecule has 0 aliphatic heterocycles. The van der Waals surface area contributed by atoms with Gasteiger partial charge >= 0.3 is 99.1 Å². The molecule has 0 bridgehead atoms. The van der Waals surface area contributed by atoms with Crippen molar-refractivity contribution in [3.8, 4) is 5.75 Å². The Bertz CT molecular complexity index is 2240. The van der Waals surface area contributed by atoms with Crippen molar-refractivity contribution in [1.29, 1.82) is 0 Å². The van der Waals surface area contributed by atoms with Gasteiger partial charge in [0.05, 0.1) is 27.0 Å². The van der Waals surface area contributed by atoms with Gasteiger partial charge in [-0.1, -0.05) is 17.9 Å². The van der Waals surface area contributed by atoms with Gasteiger partial charge < -0.3 is 24.8 Å². The number of halogens is 1. The van der Waals surface area contributed by atoms with Crippen LogP contribution in [-0.2, 0) is 44.7 Å². The number of nitrogens with zero attached hydrogens (tertiary/aromatic N) is 3. The van der Waals surface area contributed by atoms with Gasteiger partial charge in [-0.25, -0.2) is 29.4 Å². The van der Waals surface area contributed by atoms with E-state index in [1.54, 1.807) is 0 Å². The van der Waals surface area contributed by atoms with Crippen molar-refractivity contribution in [2.75, 3.05) is 23.0 Å². The zero-order chi connectivity index (χ0) is 32.7. The molecule has 0 fully saturated rings. The van der Waals surface area contributed by atoms with Gasteiger partial charge in [0.25, 0.3) is 0 Å². The summed E-state index contributed by atoms with van der Waals surface area (Å²) in [5.41, 5.74) is -0.307. The summed E-state index contributed by atoms with van der Waals surface area (Å²) < 4.78 is 129. The predicted molar refractivity (Wildman–Crippen MR) is 147 cm³/mol. The molecule has 0 aliphatic rings. The second kappa shape index (κ2) is 17.0. The summed E-state index contributed by atoms with van der Waals surface area (Å²) in [6, 6.07) is 7.69. The van der Waals surface area contributed by atoms with Crippen LogP contribution in [0.25, 0.3) is 10.8 Å². The molecular weight excluding hydrogens is 763 g/mol.